The fourth-order valence-electron chi connectivity index (χ4n) is 2.20. The van der Waals surface area contributed by atoms with E-state index >= 15 is 0 Å². The highest BCUT2D eigenvalue weighted by Crippen LogP contribution is 2.15. The predicted octanol–water partition coefficient (Wildman–Crippen LogP) is 1.83. The van der Waals surface area contributed by atoms with E-state index in [-0.39, 0.29) is 6.03 Å². The van der Waals surface area contributed by atoms with Crippen LogP contribution in [-0.2, 0) is 4.84 Å². The number of hydrogen-bond acceptors (Lipinski definition) is 3. The molecule has 0 unspecified atom stereocenters. The Labute approximate surface area is 107 Å². The average molecular weight is 249 g/mol. The molecule has 0 spiro atoms. The van der Waals surface area contributed by atoms with Gasteiger partial charge in [0.15, 0.2) is 0 Å². The van der Waals surface area contributed by atoms with E-state index in [0.717, 1.165) is 25.1 Å². The SMILES string of the molecule is CONC(=O)N1CCC[C@H](Nc2ccccc2)C1. The van der Waals surface area contributed by atoms with Crippen molar-refractivity contribution in [2.24, 2.45) is 0 Å². The van der Waals surface area contributed by atoms with Crippen LogP contribution >= 0.6 is 0 Å². The Morgan fingerprint density at radius 1 is 1.39 bits per heavy atom. The van der Waals surface area contributed by atoms with Crippen molar-refractivity contribution in [2.45, 2.75) is 18.9 Å². The second kappa shape index (κ2) is 6.26. The Morgan fingerprint density at radius 2 is 2.17 bits per heavy atom. The molecule has 0 radical (unpaired) electrons. The lowest BCUT2D eigenvalue weighted by Gasteiger charge is -2.33. The third-order valence-electron chi connectivity index (χ3n) is 3.04. The van der Waals surface area contributed by atoms with Crippen LogP contribution in [0.5, 0.6) is 0 Å². The zero-order chi connectivity index (χ0) is 12.8. The van der Waals surface area contributed by atoms with Crippen LogP contribution in [0, 0.1) is 0 Å². The summed E-state index contributed by atoms with van der Waals surface area (Å²) in [6.45, 7) is 1.48. The Hall–Kier alpha value is -1.75. The topological polar surface area (TPSA) is 53.6 Å². The number of nitrogens with zero attached hydrogens (tertiary/aromatic N) is 1. The summed E-state index contributed by atoms with van der Waals surface area (Å²) < 4.78 is 0. The molecule has 1 aliphatic rings. The standard InChI is InChI=1S/C13H19N3O2/c1-18-15-13(17)16-9-5-8-12(10-16)14-11-6-3-2-4-7-11/h2-4,6-7,12,14H,5,8-10H2,1H3,(H,15,17)/t12-/m0/s1. The molecule has 0 aromatic heterocycles. The number of rotatable bonds is 3. The lowest BCUT2D eigenvalue weighted by molar-refractivity contribution is 0.0820. The molecule has 1 heterocycles. The monoisotopic (exact) mass is 249 g/mol. The molecule has 0 bridgehead atoms. The van der Waals surface area contributed by atoms with Gasteiger partial charge in [0.05, 0.1) is 7.11 Å². The second-order valence-electron chi connectivity index (χ2n) is 4.41. The lowest BCUT2D eigenvalue weighted by Crippen LogP contribution is -2.48. The van der Waals surface area contributed by atoms with Gasteiger partial charge in [-0.05, 0) is 25.0 Å². The zero-order valence-corrected chi connectivity index (χ0v) is 10.6. The predicted molar refractivity (Wildman–Crippen MR) is 70.2 cm³/mol. The van der Waals surface area contributed by atoms with E-state index in [1.165, 1.54) is 7.11 Å². The van der Waals surface area contributed by atoms with Gasteiger partial charge in [-0.15, -0.1) is 0 Å². The Balaban J connectivity index is 1.89. The summed E-state index contributed by atoms with van der Waals surface area (Å²) in [7, 11) is 1.45. The van der Waals surface area contributed by atoms with E-state index in [0.29, 0.717) is 12.6 Å². The number of urea groups is 1. The van der Waals surface area contributed by atoms with Crippen molar-refractivity contribution in [3.05, 3.63) is 30.3 Å². The van der Waals surface area contributed by atoms with Gasteiger partial charge in [-0.1, -0.05) is 18.2 Å². The van der Waals surface area contributed by atoms with E-state index < -0.39 is 0 Å². The number of para-hydroxylation sites is 1. The molecule has 5 nitrogen and oxygen atoms in total. The van der Waals surface area contributed by atoms with Crippen LogP contribution in [0.1, 0.15) is 12.8 Å². The molecule has 2 amide bonds. The van der Waals surface area contributed by atoms with Crippen molar-refractivity contribution in [2.75, 3.05) is 25.5 Å². The van der Waals surface area contributed by atoms with Crippen LogP contribution in [0.3, 0.4) is 0 Å². The molecule has 5 heteroatoms. The first-order chi connectivity index (χ1) is 8.79. The van der Waals surface area contributed by atoms with Crippen molar-refractivity contribution >= 4 is 11.7 Å². The van der Waals surface area contributed by atoms with Gasteiger partial charge in [0.1, 0.15) is 0 Å². The molecule has 0 aliphatic carbocycles. The normalized spacial score (nSPS) is 19.4. The summed E-state index contributed by atoms with van der Waals surface area (Å²) in [4.78, 5) is 18.1. The summed E-state index contributed by atoms with van der Waals surface area (Å²) in [6, 6.07) is 10.2. The van der Waals surface area contributed by atoms with Gasteiger partial charge < -0.3 is 10.2 Å². The van der Waals surface area contributed by atoms with Crippen LogP contribution in [0.25, 0.3) is 0 Å². The summed E-state index contributed by atoms with van der Waals surface area (Å²) in [5.41, 5.74) is 3.45. The van der Waals surface area contributed by atoms with E-state index in [4.69, 9.17) is 0 Å². The average Bonchev–Trinajstić information content (AvgIpc) is 2.40. The third-order valence-corrected chi connectivity index (χ3v) is 3.04. The van der Waals surface area contributed by atoms with E-state index in [2.05, 4.69) is 15.6 Å². The first-order valence-electron chi connectivity index (χ1n) is 6.19. The number of amides is 2. The molecule has 1 saturated heterocycles. The van der Waals surface area contributed by atoms with Crippen molar-refractivity contribution in [1.82, 2.24) is 10.4 Å². The maximum Gasteiger partial charge on any atom is 0.341 e. The van der Waals surface area contributed by atoms with Crippen LogP contribution < -0.4 is 10.8 Å². The molecule has 2 rings (SSSR count). The molecule has 1 aromatic carbocycles. The number of anilines is 1. The maximum absolute atomic E-state index is 11.7. The van der Waals surface area contributed by atoms with Gasteiger partial charge >= 0.3 is 6.03 Å². The van der Waals surface area contributed by atoms with Crippen LogP contribution in [0.4, 0.5) is 10.5 Å². The smallest absolute Gasteiger partial charge is 0.341 e. The number of nitrogens with one attached hydrogen (secondary N) is 2. The summed E-state index contributed by atoms with van der Waals surface area (Å²) in [6.07, 6.45) is 2.08. The molecular formula is C13H19N3O2. The molecule has 1 aromatic rings. The van der Waals surface area contributed by atoms with Crippen molar-refractivity contribution in [1.29, 1.82) is 0 Å². The van der Waals surface area contributed by atoms with Gasteiger partial charge in [-0.2, -0.15) is 0 Å². The van der Waals surface area contributed by atoms with Gasteiger partial charge in [0.2, 0.25) is 0 Å². The van der Waals surface area contributed by atoms with Gasteiger partial charge in [-0.3, -0.25) is 4.84 Å². The van der Waals surface area contributed by atoms with E-state index in [1.807, 2.05) is 30.3 Å². The van der Waals surface area contributed by atoms with Crippen LogP contribution in [0.15, 0.2) is 30.3 Å². The van der Waals surface area contributed by atoms with Crippen molar-refractivity contribution in [3.63, 3.8) is 0 Å². The highest BCUT2D eigenvalue weighted by atomic mass is 16.6. The minimum Gasteiger partial charge on any atom is -0.381 e. The number of carbonyl (C=O) groups is 1. The van der Waals surface area contributed by atoms with Crippen LogP contribution in [0.2, 0.25) is 0 Å². The first kappa shape index (κ1) is 12.7. The Kier molecular flexibility index (Phi) is 4.41. The Morgan fingerprint density at radius 3 is 2.89 bits per heavy atom. The van der Waals surface area contributed by atoms with E-state index in [9.17, 15) is 4.79 Å². The summed E-state index contributed by atoms with van der Waals surface area (Å²) in [5, 5.41) is 3.45. The number of likely N-dealkylation sites (tertiary alicyclic amines) is 1. The molecule has 2 N–H and O–H groups in total. The van der Waals surface area contributed by atoms with Crippen molar-refractivity contribution < 1.29 is 9.63 Å². The fraction of sp³-hybridized carbons (Fsp3) is 0.462. The molecule has 98 valence electrons. The molecular weight excluding hydrogens is 230 g/mol. The summed E-state index contributed by atoms with van der Waals surface area (Å²) >= 11 is 0. The van der Waals surface area contributed by atoms with Crippen molar-refractivity contribution in [3.8, 4) is 0 Å². The van der Waals surface area contributed by atoms with Gasteiger partial charge in [0, 0.05) is 24.8 Å². The quantitative estimate of drug-likeness (QED) is 0.804. The third kappa shape index (κ3) is 3.37. The fourth-order valence-corrected chi connectivity index (χ4v) is 2.20. The number of hydrogen-bond donors (Lipinski definition) is 2. The number of benzene rings is 1. The number of carbonyl (C=O) groups excluding carboxylic acids is 1. The molecule has 18 heavy (non-hydrogen) atoms. The van der Waals surface area contributed by atoms with Gasteiger partial charge in [-0.25, -0.2) is 10.3 Å². The molecule has 1 atom stereocenters. The van der Waals surface area contributed by atoms with Gasteiger partial charge in [0.25, 0.3) is 0 Å². The zero-order valence-electron chi connectivity index (χ0n) is 10.6. The second-order valence-corrected chi connectivity index (χ2v) is 4.41. The Bertz CT molecular complexity index is 383. The molecule has 1 aliphatic heterocycles. The van der Waals surface area contributed by atoms with E-state index in [1.54, 1.807) is 4.90 Å². The molecule has 1 fully saturated rings. The first-order valence-corrected chi connectivity index (χ1v) is 6.19. The maximum atomic E-state index is 11.7. The minimum absolute atomic E-state index is 0.169. The highest BCUT2D eigenvalue weighted by molar-refractivity contribution is 5.73. The highest BCUT2D eigenvalue weighted by Gasteiger charge is 2.23. The summed E-state index contributed by atoms with van der Waals surface area (Å²) in [5.74, 6) is 0. The number of piperidine rings is 1. The molecule has 0 saturated carbocycles. The lowest BCUT2D eigenvalue weighted by atomic mass is 10.1. The van der Waals surface area contributed by atoms with Crippen LogP contribution in [-0.4, -0.2) is 37.2 Å². The number of hydroxylamine groups is 1. The minimum atomic E-state index is -0.169. The largest absolute Gasteiger partial charge is 0.381 e.